The van der Waals surface area contributed by atoms with Gasteiger partial charge in [0.1, 0.15) is 12.4 Å². The molecule has 0 unspecified atom stereocenters. The number of nitrogens with zero attached hydrogens (tertiary/aromatic N) is 1. The Hall–Kier alpha value is -2.08. The smallest absolute Gasteiger partial charge is 0.192 e. The van der Waals surface area contributed by atoms with E-state index in [1.54, 1.807) is 0 Å². The number of hydrogen-bond donors (Lipinski definition) is 1. The minimum Gasteiger partial charge on any atom is -0.489 e. The molecule has 30 heavy (non-hydrogen) atoms. The molecule has 0 saturated carbocycles. The minimum absolute atomic E-state index is 0.156. The lowest BCUT2D eigenvalue weighted by molar-refractivity contribution is 0.0895. The van der Waals surface area contributed by atoms with E-state index in [2.05, 4.69) is 75.0 Å². The zero-order valence-corrected chi connectivity index (χ0v) is 19.9. The van der Waals surface area contributed by atoms with Crippen LogP contribution in [0, 0.1) is 0 Å². The summed E-state index contributed by atoms with van der Waals surface area (Å²) >= 11 is 0. The maximum atomic E-state index is 10.4. The molecule has 0 saturated heterocycles. The van der Waals surface area contributed by atoms with E-state index in [9.17, 15) is 5.11 Å². The first-order valence-electron chi connectivity index (χ1n) is 10.7. The van der Waals surface area contributed by atoms with Crippen LogP contribution >= 0.6 is 0 Å². The SMILES string of the molecule is CC(C)(C)[Si](C)(C)OC[C@@H](O)CCn1ccc2cc(OCc3ccccc3)ccc21. The fraction of sp³-hybridized carbons (Fsp3) is 0.440. The van der Waals surface area contributed by atoms with Gasteiger partial charge in [0.2, 0.25) is 0 Å². The van der Waals surface area contributed by atoms with Crippen LogP contribution in [0.5, 0.6) is 5.75 Å². The van der Waals surface area contributed by atoms with Gasteiger partial charge in [-0.2, -0.15) is 0 Å². The highest BCUT2D eigenvalue weighted by atomic mass is 28.4. The van der Waals surface area contributed by atoms with Gasteiger partial charge in [-0.05, 0) is 54.4 Å². The Morgan fingerprint density at radius 3 is 2.47 bits per heavy atom. The van der Waals surface area contributed by atoms with E-state index in [0.717, 1.165) is 28.8 Å². The van der Waals surface area contributed by atoms with Gasteiger partial charge in [0.25, 0.3) is 0 Å². The molecule has 0 aliphatic rings. The van der Waals surface area contributed by atoms with Crippen molar-refractivity contribution in [2.75, 3.05) is 6.61 Å². The molecule has 3 aromatic rings. The Bertz CT molecular complexity index is 944. The Morgan fingerprint density at radius 2 is 1.77 bits per heavy atom. The lowest BCUT2D eigenvalue weighted by Crippen LogP contribution is -2.42. The normalized spacial score (nSPS) is 13.5. The zero-order valence-electron chi connectivity index (χ0n) is 18.9. The van der Waals surface area contributed by atoms with Crippen LogP contribution in [0.3, 0.4) is 0 Å². The first kappa shape index (κ1) is 22.6. The summed E-state index contributed by atoms with van der Waals surface area (Å²) in [5.41, 5.74) is 2.31. The van der Waals surface area contributed by atoms with Gasteiger partial charge in [-0.15, -0.1) is 0 Å². The molecule has 1 N–H and O–H groups in total. The second kappa shape index (κ2) is 9.37. The highest BCUT2D eigenvalue weighted by Gasteiger charge is 2.37. The molecule has 0 spiro atoms. The van der Waals surface area contributed by atoms with Gasteiger partial charge in [0.15, 0.2) is 8.32 Å². The van der Waals surface area contributed by atoms with E-state index in [1.165, 1.54) is 0 Å². The molecule has 0 radical (unpaired) electrons. The van der Waals surface area contributed by atoms with Gasteiger partial charge in [0.05, 0.1) is 12.7 Å². The maximum Gasteiger partial charge on any atom is 0.192 e. The Morgan fingerprint density at radius 1 is 1.03 bits per heavy atom. The van der Waals surface area contributed by atoms with Crippen molar-refractivity contribution in [1.29, 1.82) is 0 Å². The molecule has 0 aliphatic heterocycles. The van der Waals surface area contributed by atoms with Gasteiger partial charge in [-0.3, -0.25) is 0 Å². The third-order valence-corrected chi connectivity index (χ3v) is 10.6. The van der Waals surface area contributed by atoms with Gasteiger partial charge in [-0.25, -0.2) is 0 Å². The van der Waals surface area contributed by atoms with Crippen molar-refractivity contribution >= 4 is 19.2 Å². The Balaban J connectivity index is 1.54. The highest BCUT2D eigenvalue weighted by molar-refractivity contribution is 6.74. The molecule has 1 heterocycles. The maximum absolute atomic E-state index is 10.4. The van der Waals surface area contributed by atoms with Crippen LogP contribution in [0.25, 0.3) is 10.9 Å². The lowest BCUT2D eigenvalue weighted by atomic mass is 10.2. The number of benzene rings is 2. The minimum atomic E-state index is -1.83. The zero-order chi connectivity index (χ0) is 21.8. The summed E-state index contributed by atoms with van der Waals surface area (Å²) in [6.07, 6.45) is 2.29. The highest BCUT2D eigenvalue weighted by Crippen LogP contribution is 2.36. The van der Waals surface area contributed by atoms with Crippen molar-refractivity contribution in [3.8, 4) is 5.75 Å². The molecule has 2 aromatic carbocycles. The molecule has 3 rings (SSSR count). The number of hydrogen-bond acceptors (Lipinski definition) is 3. The van der Waals surface area contributed by atoms with E-state index in [0.29, 0.717) is 19.6 Å². The lowest BCUT2D eigenvalue weighted by Gasteiger charge is -2.36. The predicted molar refractivity (Wildman–Crippen MR) is 126 cm³/mol. The van der Waals surface area contributed by atoms with Crippen LogP contribution in [-0.2, 0) is 17.6 Å². The molecule has 4 nitrogen and oxygen atoms in total. The Labute approximate surface area is 181 Å². The predicted octanol–water partition coefficient (Wildman–Crippen LogP) is 5.99. The molecular weight excluding hydrogens is 390 g/mol. The third-order valence-electron chi connectivity index (χ3n) is 6.14. The molecule has 5 heteroatoms. The van der Waals surface area contributed by atoms with Crippen molar-refractivity contribution in [3.05, 3.63) is 66.4 Å². The van der Waals surface area contributed by atoms with Crippen molar-refractivity contribution < 1.29 is 14.3 Å². The first-order valence-corrected chi connectivity index (χ1v) is 13.6. The van der Waals surface area contributed by atoms with Gasteiger partial charge in [0, 0.05) is 23.6 Å². The van der Waals surface area contributed by atoms with Crippen molar-refractivity contribution in [3.63, 3.8) is 0 Å². The first-order chi connectivity index (χ1) is 14.2. The third kappa shape index (κ3) is 5.75. The fourth-order valence-electron chi connectivity index (χ4n) is 3.10. The van der Waals surface area contributed by atoms with Gasteiger partial charge >= 0.3 is 0 Å². The van der Waals surface area contributed by atoms with Crippen molar-refractivity contribution in [2.24, 2.45) is 0 Å². The summed E-state index contributed by atoms with van der Waals surface area (Å²) in [5.74, 6) is 0.868. The summed E-state index contributed by atoms with van der Waals surface area (Å²) in [4.78, 5) is 0. The average Bonchev–Trinajstić information content (AvgIpc) is 3.11. The van der Waals surface area contributed by atoms with E-state index >= 15 is 0 Å². The second-order valence-corrected chi connectivity index (χ2v) is 14.3. The second-order valence-electron chi connectivity index (χ2n) is 9.52. The Kier molecular flexibility index (Phi) is 7.06. The van der Waals surface area contributed by atoms with Crippen molar-refractivity contribution in [1.82, 2.24) is 4.57 Å². The number of aryl methyl sites for hydroxylation is 1. The quantitative estimate of drug-likeness (QED) is 0.428. The van der Waals surface area contributed by atoms with E-state index < -0.39 is 14.4 Å². The van der Waals surface area contributed by atoms with E-state index in [4.69, 9.17) is 9.16 Å². The number of aliphatic hydroxyl groups excluding tert-OH is 1. The van der Waals surface area contributed by atoms with Crippen LogP contribution in [0.15, 0.2) is 60.8 Å². The number of aromatic nitrogens is 1. The molecule has 0 bridgehead atoms. The largest absolute Gasteiger partial charge is 0.489 e. The number of ether oxygens (including phenoxy) is 1. The van der Waals surface area contributed by atoms with Crippen molar-refractivity contribution in [2.45, 2.75) is 64.6 Å². The van der Waals surface area contributed by atoms with Crippen LogP contribution in [0.4, 0.5) is 0 Å². The standard InChI is InChI=1S/C25H35NO3Si/c1-25(2,3)30(4,5)29-19-22(27)14-16-26-15-13-21-17-23(11-12-24(21)26)28-18-20-9-7-6-8-10-20/h6-13,15,17,22,27H,14,16,18-19H2,1-5H3/t22-/m0/s1. The van der Waals surface area contributed by atoms with E-state index in [1.807, 2.05) is 24.3 Å². The summed E-state index contributed by atoms with van der Waals surface area (Å²) in [6, 6.07) is 18.5. The summed E-state index contributed by atoms with van der Waals surface area (Å²) in [5, 5.41) is 11.7. The molecule has 0 fully saturated rings. The van der Waals surface area contributed by atoms with Crippen LogP contribution in [0.2, 0.25) is 18.1 Å². The average molecular weight is 426 g/mol. The van der Waals surface area contributed by atoms with Gasteiger partial charge in [-0.1, -0.05) is 51.1 Å². The topological polar surface area (TPSA) is 43.6 Å². The molecule has 1 atom stereocenters. The summed E-state index contributed by atoms with van der Waals surface area (Å²) < 4.78 is 14.3. The fourth-order valence-corrected chi connectivity index (χ4v) is 4.14. The summed E-state index contributed by atoms with van der Waals surface area (Å²) in [6.45, 7) is 12.8. The molecule has 0 amide bonds. The summed E-state index contributed by atoms with van der Waals surface area (Å²) in [7, 11) is -1.83. The molecule has 0 aliphatic carbocycles. The van der Waals surface area contributed by atoms with Crippen LogP contribution < -0.4 is 4.74 Å². The number of rotatable bonds is 9. The molecule has 1 aromatic heterocycles. The number of aliphatic hydroxyl groups is 1. The monoisotopic (exact) mass is 425 g/mol. The van der Waals surface area contributed by atoms with Gasteiger partial charge < -0.3 is 18.8 Å². The molecule has 162 valence electrons. The van der Waals surface area contributed by atoms with E-state index in [-0.39, 0.29) is 5.04 Å². The van der Waals surface area contributed by atoms with Crippen LogP contribution in [-0.4, -0.2) is 30.7 Å². The number of fused-ring (bicyclic) bond motifs is 1. The van der Waals surface area contributed by atoms with Crippen LogP contribution in [0.1, 0.15) is 32.8 Å². The molecular formula is C25H35NO3Si.